The lowest BCUT2D eigenvalue weighted by Gasteiger charge is -2.12. The molecule has 4 N–H and O–H groups in total. The minimum atomic E-state index is -0.606. The van der Waals surface area contributed by atoms with E-state index < -0.39 is 5.91 Å². The molecule has 0 fully saturated rings. The number of halogens is 1. The molecule has 0 atom stereocenters. The fraction of sp³-hybridized carbons (Fsp3) is 0.0476. The fourth-order valence-electron chi connectivity index (χ4n) is 2.52. The van der Waals surface area contributed by atoms with Crippen LogP contribution in [0, 0.1) is 0 Å². The molecule has 28 heavy (non-hydrogen) atoms. The predicted molar refractivity (Wildman–Crippen MR) is 110 cm³/mol. The van der Waals surface area contributed by atoms with Gasteiger partial charge in [-0.05, 0) is 42.5 Å². The summed E-state index contributed by atoms with van der Waals surface area (Å²) >= 11 is 5.94. The number of rotatable bonds is 7. The quantitative estimate of drug-likeness (QED) is 0.556. The van der Waals surface area contributed by atoms with E-state index in [1.807, 2.05) is 30.3 Å². The maximum atomic E-state index is 12.3. The van der Waals surface area contributed by atoms with Crippen LogP contribution in [0.5, 0.6) is 11.5 Å². The van der Waals surface area contributed by atoms with Gasteiger partial charge in [-0.2, -0.15) is 0 Å². The largest absolute Gasteiger partial charge is 0.457 e. The highest BCUT2D eigenvalue weighted by molar-refractivity contribution is 6.31. The van der Waals surface area contributed by atoms with Gasteiger partial charge < -0.3 is 21.1 Å². The molecule has 2 amide bonds. The Labute approximate surface area is 167 Å². The number of carbonyl (C=O) groups excluding carboxylic acids is 2. The number of nitrogens with two attached hydrogens (primary N) is 1. The van der Waals surface area contributed by atoms with Crippen molar-refractivity contribution in [1.82, 2.24) is 0 Å². The van der Waals surface area contributed by atoms with Gasteiger partial charge in [0, 0.05) is 22.5 Å². The Hall–Kier alpha value is -3.51. The molecule has 3 aromatic rings. The van der Waals surface area contributed by atoms with Crippen molar-refractivity contribution in [3.05, 3.63) is 83.4 Å². The van der Waals surface area contributed by atoms with Crippen LogP contribution in [-0.4, -0.2) is 18.4 Å². The number of amides is 2. The Morgan fingerprint density at radius 1 is 0.929 bits per heavy atom. The molecule has 0 spiro atoms. The minimum Gasteiger partial charge on any atom is -0.457 e. The van der Waals surface area contributed by atoms with E-state index >= 15 is 0 Å². The van der Waals surface area contributed by atoms with Gasteiger partial charge in [-0.25, -0.2) is 0 Å². The maximum absolute atomic E-state index is 12.3. The topological polar surface area (TPSA) is 93.5 Å². The van der Waals surface area contributed by atoms with Crippen LogP contribution in [-0.2, 0) is 4.79 Å². The summed E-state index contributed by atoms with van der Waals surface area (Å²) in [7, 11) is 0. The summed E-state index contributed by atoms with van der Waals surface area (Å²) in [5.41, 5.74) is 6.58. The van der Waals surface area contributed by atoms with Gasteiger partial charge in [0.1, 0.15) is 11.5 Å². The third-order valence-electron chi connectivity index (χ3n) is 3.78. The average Bonchev–Trinajstić information content (AvgIpc) is 2.67. The number of ether oxygens (including phenoxy) is 1. The summed E-state index contributed by atoms with van der Waals surface area (Å²) in [6, 6.07) is 21.0. The van der Waals surface area contributed by atoms with Crippen LogP contribution in [0.2, 0.25) is 5.02 Å². The molecule has 0 heterocycles. The lowest BCUT2D eigenvalue weighted by atomic mass is 10.1. The van der Waals surface area contributed by atoms with Gasteiger partial charge in [-0.15, -0.1) is 0 Å². The number of benzene rings is 3. The lowest BCUT2D eigenvalue weighted by molar-refractivity contribution is -0.114. The number of hydrogen-bond donors (Lipinski definition) is 3. The monoisotopic (exact) mass is 395 g/mol. The normalized spacial score (nSPS) is 10.2. The molecular formula is C21H18ClN3O3. The molecule has 0 bridgehead atoms. The molecule has 3 aromatic carbocycles. The van der Waals surface area contributed by atoms with Crippen LogP contribution in [0.4, 0.5) is 11.4 Å². The second kappa shape index (κ2) is 8.92. The number of hydrogen-bond acceptors (Lipinski definition) is 4. The molecule has 0 aliphatic carbocycles. The molecule has 0 saturated carbocycles. The van der Waals surface area contributed by atoms with Gasteiger partial charge in [0.2, 0.25) is 5.91 Å². The summed E-state index contributed by atoms with van der Waals surface area (Å²) in [6.07, 6.45) is 0. The molecule has 0 aromatic heterocycles. The molecule has 6 nitrogen and oxygen atoms in total. The Bertz CT molecular complexity index is 993. The SMILES string of the molecule is NC(=O)c1ccc(Cl)cc1NCC(=O)Nc1cccc(Oc2ccccc2)c1. The van der Waals surface area contributed by atoms with Crippen LogP contribution in [0.15, 0.2) is 72.8 Å². The summed E-state index contributed by atoms with van der Waals surface area (Å²) in [5.74, 6) is 0.396. The van der Waals surface area contributed by atoms with E-state index in [1.165, 1.54) is 6.07 Å². The van der Waals surface area contributed by atoms with Gasteiger partial charge in [-0.1, -0.05) is 35.9 Å². The van der Waals surface area contributed by atoms with Crippen LogP contribution < -0.4 is 21.1 Å². The van der Waals surface area contributed by atoms with E-state index in [1.54, 1.807) is 36.4 Å². The van der Waals surface area contributed by atoms with Crippen molar-refractivity contribution in [3.63, 3.8) is 0 Å². The standard InChI is InChI=1S/C21H18ClN3O3/c22-14-9-10-18(21(23)27)19(11-14)24-13-20(26)25-15-5-4-8-17(12-15)28-16-6-2-1-3-7-16/h1-12,24H,13H2,(H2,23,27)(H,25,26). The molecule has 0 saturated heterocycles. The summed E-state index contributed by atoms with van der Waals surface area (Å²) in [5, 5.41) is 6.08. The van der Waals surface area contributed by atoms with E-state index in [0.717, 1.165) is 0 Å². The highest BCUT2D eigenvalue weighted by Crippen LogP contribution is 2.24. The highest BCUT2D eigenvalue weighted by atomic mass is 35.5. The Kier molecular flexibility index (Phi) is 6.14. The summed E-state index contributed by atoms with van der Waals surface area (Å²) in [6.45, 7) is -0.0651. The van der Waals surface area contributed by atoms with Gasteiger partial charge in [0.05, 0.1) is 12.1 Å². The molecule has 0 aliphatic rings. The minimum absolute atomic E-state index is 0.0651. The number of anilines is 2. The molecule has 0 radical (unpaired) electrons. The first-order valence-corrected chi connectivity index (χ1v) is 8.85. The Balaban J connectivity index is 1.62. The van der Waals surface area contributed by atoms with Crippen molar-refractivity contribution < 1.29 is 14.3 Å². The van der Waals surface area contributed by atoms with Crippen LogP contribution in [0.1, 0.15) is 10.4 Å². The number of carbonyl (C=O) groups is 2. The molecular weight excluding hydrogens is 378 g/mol. The van der Waals surface area contributed by atoms with E-state index in [2.05, 4.69) is 10.6 Å². The average molecular weight is 396 g/mol. The molecule has 7 heteroatoms. The zero-order chi connectivity index (χ0) is 19.9. The molecule has 0 aliphatic heterocycles. The zero-order valence-corrected chi connectivity index (χ0v) is 15.6. The van der Waals surface area contributed by atoms with Gasteiger partial charge in [0.25, 0.3) is 5.91 Å². The van der Waals surface area contributed by atoms with Crippen molar-refractivity contribution in [1.29, 1.82) is 0 Å². The van der Waals surface area contributed by atoms with Gasteiger partial charge in [0.15, 0.2) is 0 Å². The van der Waals surface area contributed by atoms with E-state index in [-0.39, 0.29) is 18.0 Å². The first-order valence-electron chi connectivity index (χ1n) is 8.47. The second-order valence-corrected chi connectivity index (χ2v) is 6.34. The van der Waals surface area contributed by atoms with Gasteiger partial charge in [-0.3, -0.25) is 9.59 Å². The van der Waals surface area contributed by atoms with Crippen molar-refractivity contribution in [2.75, 3.05) is 17.2 Å². The van der Waals surface area contributed by atoms with E-state index in [4.69, 9.17) is 22.1 Å². The number of nitrogens with one attached hydrogen (secondary N) is 2. The van der Waals surface area contributed by atoms with Crippen molar-refractivity contribution in [2.24, 2.45) is 5.73 Å². The maximum Gasteiger partial charge on any atom is 0.250 e. The number of primary amides is 1. The van der Waals surface area contributed by atoms with E-state index in [9.17, 15) is 9.59 Å². The summed E-state index contributed by atoms with van der Waals surface area (Å²) in [4.78, 5) is 23.7. The first kappa shape index (κ1) is 19.3. The Morgan fingerprint density at radius 3 is 2.43 bits per heavy atom. The zero-order valence-electron chi connectivity index (χ0n) is 14.8. The molecule has 3 rings (SSSR count). The van der Waals surface area contributed by atoms with Crippen LogP contribution in [0.25, 0.3) is 0 Å². The highest BCUT2D eigenvalue weighted by Gasteiger charge is 2.10. The lowest BCUT2D eigenvalue weighted by Crippen LogP contribution is -2.23. The molecule has 0 unspecified atom stereocenters. The second-order valence-electron chi connectivity index (χ2n) is 5.90. The summed E-state index contributed by atoms with van der Waals surface area (Å²) < 4.78 is 5.75. The third-order valence-corrected chi connectivity index (χ3v) is 4.02. The predicted octanol–water partition coefficient (Wildman–Crippen LogP) is 4.28. The van der Waals surface area contributed by atoms with Crippen molar-refractivity contribution in [2.45, 2.75) is 0 Å². The fourth-order valence-corrected chi connectivity index (χ4v) is 2.69. The smallest absolute Gasteiger partial charge is 0.250 e. The van der Waals surface area contributed by atoms with Gasteiger partial charge >= 0.3 is 0 Å². The van der Waals surface area contributed by atoms with Crippen molar-refractivity contribution in [3.8, 4) is 11.5 Å². The first-order chi connectivity index (χ1) is 13.5. The van der Waals surface area contributed by atoms with E-state index in [0.29, 0.717) is 27.9 Å². The van der Waals surface area contributed by atoms with Crippen LogP contribution in [0.3, 0.4) is 0 Å². The van der Waals surface area contributed by atoms with Crippen molar-refractivity contribution >= 4 is 34.8 Å². The Morgan fingerprint density at radius 2 is 1.68 bits per heavy atom. The van der Waals surface area contributed by atoms with Crippen LogP contribution >= 0.6 is 11.6 Å². The molecule has 142 valence electrons. The number of para-hydroxylation sites is 1. The third kappa shape index (κ3) is 5.25.